The monoisotopic (exact) mass is 414 g/mol. The Labute approximate surface area is 178 Å². The molecule has 29 heavy (non-hydrogen) atoms. The van der Waals surface area contributed by atoms with E-state index in [2.05, 4.69) is 15.1 Å². The summed E-state index contributed by atoms with van der Waals surface area (Å²) >= 11 is 6.27. The normalized spacial score (nSPS) is 14.9. The van der Waals surface area contributed by atoms with Crippen LogP contribution in [0.3, 0.4) is 0 Å². The molecule has 0 atom stereocenters. The number of nitrogens with one attached hydrogen (secondary N) is 1. The second-order valence-electron chi connectivity index (χ2n) is 7.83. The molecule has 0 unspecified atom stereocenters. The zero-order valence-electron chi connectivity index (χ0n) is 17.2. The van der Waals surface area contributed by atoms with Gasteiger partial charge in [0.15, 0.2) is 0 Å². The molecule has 1 saturated heterocycles. The molecule has 0 bridgehead atoms. The summed E-state index contributed by atoms with van der Waals surface area (Å²) in [7, 11) is 0. The molecule has 1 fully saturated rings. The average Bonchev–Trinajstić information content (AvgIpc) is 2.71. The van der Waals surface area contributed by atoms with Crippen molar-refractivity contribution in [3.8, 4) is 0 Å². The summed E-state index contributed by atoms with van der Waals surface area (Å²) < 4.78 is 0. The lowest BCUT2D eigenvalue weighted by Gasteiger charge is -2.30. The first kappa shape index (κ1) is 21.6. The molecule has 0 radical (unpaired) electrons. The number of rotatable bonds is 8. The molecule has 1 amide bonds. The lowest BCUT2D eigenvalue weighted by Crippen LogP contribution is -2.40. The Kier molecular flexibility index (Phi) is 7.92. The molecule has 0 aliphatic carbocycles. The van der Waals surface area contributed by atoms with E-state index < -0.39 is 0 Å². The van der Waals surface area contributed by atoms with E-state index in [1.807, 2.05) is 43.3 Å². The van der Waals surface area contributed by atoms with Gasteiger partial charge >= 0.3 is 0 Å². The fraction of sp³-hybridized carbons (Fsp3) is 0.435. The third-order valence-corrected chi connectivity index (χ3v) is 5.74. The number of piperidine rings is 1. The second-order valence-corrected chi connectivity index (χ2v) is 8.24. The molecular formula is C23H31ClN4O. The van der Waals surface area contributed by atoms with Crippen LogP contribution < -0.4 is 11.1 Å². The van der Waals surface area contributed by atoms with Crippen molar-refractivity contribution in [2.45, 2.75) is 32.7 Å². The Morgan fingerprint density at radius 2 is 1.86 bits per heavy atom. The van der Waals surface area contributed by atoms with Gasteiger partial charge in [-0.3, -0.25) is 9.69 Å². The standard InChI is InChI=1S/C23H31ClN4O/c1-18-6-5-7-21(24)23(18)26-22(29)17-28(15-14-27-12-3-2-4-13-27)16-19-8-10-20(25)11-9-19/h5-11H,2-4,12-17,25H2,1H3,(H,26,29). The minimum atomic E-state index is -0.0460. The second kappa shape index (κ2) is 10.6. The fourth-order valence-electron chi connectivity index (χ4n) is 3.73. The van der Waals surface area contributed by atoms with Gasteiger partial charge in [-0.1, -0.05) is 42.3 Å². The van der Waals surface area contributed by atoms with Crippen LogP contribution in [0.5, 0.6) is 0 Å². The molecule has 2 aromatic carbocycles. The van der Waals surface area contributed by atoms with Crippen molar-refractivity contribution in [3.05, 3.63) is 58.6 Å². The van der Waals surface area contributed by atoms with Crippen molar-refractivity contribution in [1.29, 1.82) is 0 Å². The highest BCUT2D eigenvalue weighted by Crippen LogP contribution is 2.25. The van der Waals surface area contributed by atoms with Crippen molar-refractivity contribution in [2.75, 3.05) is 43.8 Å². The van der Waals surface area contributed by atoms with Crippen LogP contribution in [0.15, 0.2) is 42.5 Å². The Morgan fingerprint density at radius 3 is 2.55 bits per heavy atom. The van der Waals surface area contributed by atoms with E-state index in [9.17, 15) is 4.79 Å². The van der Waals surface area contributed by atoms with Crippen molar-refractivity contribution in [3.63, 3.8) is 0 Å². The van der Waals surface area contributed by atoms with Gasteiger partial charge in [0.25, 0.3) is 0 Å². The summed E-state index contributed by atoms with van der Waals surface area (Å²) in [6.07, 6.45) is 3.86. The summed E-state index contributed by atoms with van der Waals surface area (Å²) in [4.78, 5) is 17.5. The minimum absolute atomic E-state index is 0.0460. The van der Waals surface area contributed by atoms with Crippen LogP contribution in [0, 0.1) is 6.92 Å². The number of hydrogen-bond acceptors (Lipinski definition) is 4. The van der Waals surface area contributed by atoms with Gasteiger partial charge < -0.3 is 16.0 Å². The predicted octanol–water partition coefficient (Wildman–Crippen LogP) is 4.16. The zero-order chi connectivity index (χ0) is 20.6. The maximum atomic E-state index is 12.8. The third kappa shape index (κ3) is 6.74. The number of hydrogen-bond donors (Lipinski definition) is 2. The largest absolute Gasteiger partial charge is 0.399 e. The molecule has 5 nitrogen and oxygen atoms in total. The SMILES string of the molecule is Cc1cccc(Cl)c1NC(=O)CN(CCN1CCCCC1)Cc1ccc(N)cc1. The highest BCUT2D eigenvalue weighted by molar-refractivity contribution is 6.33. The molecule has 156 valence electrons. The molecule has 1 aliphatic rings. The molecule has 6 heteroatoms. The lowest BCUT2D eigenvalue weighted by molar-refractivity contribution is -0.117. The van der Waals surface area contributed by atoms with Crippen LogP contribution in [-0.4, -0.2) is 48.4 Å². The van der Waals surface area contributed by atoms with Gasteiger partial charge in [-0.25, -0.2) is 0 Å². The van der Waals surface area contributed by atoms with Crippen LogP contribution in [0.4, 0.5) is 11.4 Å². The number of para-hydroxylation sites is 1. The molecule has 1 heterocycles. The van der Waals surface area contributed by atoms with Crippen molar-refractivity contribution >= 4 is 28.9 Å². The van der Waals surface area contributed by atoms with E-state index in [0.29, 0.717) is 23.8 Å². The number of carbonyl (C=O) groups is 1. The molecule has 3 N–H and O–H groups in total. The number of amides is 1. The van der Waals surface area contributed by atoms with E-state index in [1.54, 1.807) is 6.07 Å². The van der Waals surface area contributed by atoms with Crippen molar-refractivity contribution in [2.24, 2.45) is 0 Å². The number of halogens is 1. The summed E-state index contributed by atoms with van der Waals surface area (Å²) in [5, 5.41) is 3.56. The number of aryl methyl sites for hydroxylation is 1. The lowest BCUT2D eigenvalue weighted by atomic mass is 10.1. The molecule has 0 aromatic heterocycles. The summed E-state index contributed by atoms with van der Waals surface area (Å²) in [6.45, 7) is 7.12. The minimum Gasteiger partial charge on any atom is -0.399 e. The molecular weight excluding hydrogens is 384 g/mol. The topological polar surface area (TPSA) is 61.6 Å². The first-order valence-electron chi connectivity index (χ1n) is 10.4. The number of carbonyl (C=O) groups excluding carboxylic acids is 1. The van der Waals surface area contributed by atoms with Crippen LogP contribution in [0.1, 0.15) is 30.4 Å². The summed E-state index contributed by atoms with van der Waals surface area (Å²) in [6, 6.07) is 13.5. The molecule has 0 spiro atoms. The van der Waals surface area contributed by atoms with Gasteiger partial charge in [-0.05, 0) is 62.2 Å². The Bertz CT molecular complexity index is 783. The number of benzene rings is 2. The van der Waals surface area contributed by atoms with Gasteiger partial charge in [-0.15, -0.1) is 0 Å². The summed E-state index contributed by atoms with van der Waals surface area (Å²) in [5.74, 6) is -0.0460. The van der Waals surface area contributed by atoms with Gasteiger partial charge in [-0.2, -0.15) is 0 Å². The van der Waals surface area contributed by atoms with E-state index >= 15 is 0 Å². The van der Waals surface area contributed by atoms with Gasteiger partial charge in [0.1, 0.15) is 0 Å². The van der Waals surface area contributed by atoms with Crippen LogP contribution in [0.25, 0.3) is 0 Å². The first-order chi connectivity index (χ1) is 14.0. The highest BCUT2D eigenvalue weighted by Gasteiger charge is 2.16. The van der Waals surface area contributed by atoms with Crippen molar-refractivity contribution < 1.29 is 4.79 Å². The maximum absolute atomic E-state index is 12.8. The quantitative estimate of drug-likeness (QED) is 0.637. The Morgan fingerprint density at radius 1 is 1.14 bits per heavy atom. The average molecular weight is 415 g/mol. The Balaban J connectivity index is 1.64. The van der Waals surface area contributed by atoms with Gasteiger partial charge in [0.05, 0.1) is 17.3 Å². The fourth-order valence-corrected chi connectivity index (χ4v) is 4.00. The summed E-state index contributed by atoms with van der Waals surface area (Å²) in [5.41, 5.74) is 9.37. The van der Waals surface area contributed by atoms with Crippen LogP contribution >= 0.6 is 11.6 Å². The smallest absolute Gasteiger partial charge is 0.238 e. The predicted molar refractivity (Wildman–Crippen MR) is 121 cm³/mol. The first-order valence-corrected chi connectivity index (χ1v) is 10.7. The number of nitrogen functional groups attached to an aromatic ring is 1. The van der Waals surface area contributed by atoms with E-state index in [1.165, 1.54) is 19.3 Å². The van der Waals surface area contributed by atoms with Gasteiger partial charge in [0, 0.05) is 25.3 Å². The molecule has 3 rings (SSSR count). The van der Waals surface area contributed by atoms with E-state index in [0.717, 1.165) is 43.0 Å². The number of nitrogens with two attached hydrogens (primary N) is 1. The van der Waals surface area contributed by atoms with E-state index in [4.69, 9.17) is 17.3 Å². The van der Waals surface area contributed by atoms with Crippen LogP contribution in [-0.2, 0) is 11.3 Å². The zero-order valence-corrected chi connectivity index (χ0v) is 17.9. The van der Waals surface area contributed by atoms with Crippen molar-refractivity contribution in [1.82, 2.24) is 9.80 Å². The van der Waals surface area contributed by atoms with Crippen LogP contribution in [0.2, 0.25) is 5.02 Å². The third-order valence-electron chi connectivity index (χ3n) is 5.42. The number of likely N-dealkylation sites (tertiary alicyclic amines) is 1. The maximum Gasteiger partial charge on any atom is 0.238 e. The molecule has 1 aliphatic heterocycles. The molecule has 2 aromatic rings. The number of nitrogens with zero attached hydrogens (tertiary/aromatic N) is 2. The van der Waals surface area contributed by atoms with E-state index in [-0.39, 0.29) is 5.91 Å². The van der Waals surface area contributed by atoms with Gasteiger partial charge in [0.2, 0.25) is 5.91 Å². The Hall–Kier alpha value is -2.08. The number of anilines is 2. The highest BCUT2D eigenvalue weighted by atomic mass is 35.5. The molecule has 0 saturated carbocycles.